The average molecular weight is 265 g/mol. The van der Waals surface area contributed by atoms with Crippen LogP contribution in [0.4, 0.5) is 5.69 Å². The summed E-state index contributed by atoms with van der Waals surface area (Å²) in [4.78, 5) is 1.36. The van der Waals surface area contributed by atoms with E-state index in [4.69, 9.17) is 4.74 Å². The van der Waals surface area contributed by atoms with Gasteiger partial charge in [-0.05, 0) is 17.9 Å². The fourth-order valence-corrected chi connectivity index (χ4v) is 2.67. The summed E-state index contributed by atoms with van der Waals surface area (Å²) in [5, 5.41) is 9.93. The van der Waals surface area contributed by atoms with Crippen molar-refractivity contribution in [2.75, 3.05) is 19.0 Å². The van der Waals surface area contributed by atoms with Gasteiger partial charge in [0.05, 0.1) is 31.1 Å². The van der Waals surface area contributed by atoms with Crippen LogP contribution in [-0.2, 0) is 11.3 Å². The highest BCUT2D eigenvalue weighted by atomic mass is 32.1. The Bertz CT molecular complexity index is 453. The minimum Gasteiger partial charge on any atom is -0.383 e. The molecule has 0 amide bonds. The topological polar surface area (TPSA) is 39.1 Å². The van der Waals surface area contributed by atoms with Crippen LogP contribution in [0.5, 0.6) is 0 Å². The van der Waals surface area contributed by atoms with Crippen LogP contribution < -0.4 is 5.32 Å². The molecule has 98 valence electrons. The zero-order chi connectivity index (χ0) is 12.8. The smallest absolute Gasteiger partial charge is 0.0731 e. The Labute approximate surface area is 112 Å². The monoisotopic (exact) mass is 265 g/mol. The van der Waals surface area contributed by atoms with E-state index in [-0.39, 0.29) is 0 Å². The van der Waals surface area contributed by atoms with E-state index >= 15 is 0 Å². The van der Waals surface area contributed by atoms with E-state index in [1.165, 1.54) is 4.88 Å². The maximum absolute atomic E-state index is 5.04. The van der Waals surface area contributed by atoms with Crippen molar-refractivity contribution in [3.8, 4) is 0 Å². The van der Waals surface area contributed by atoms with Crippen LogP contribution in [0, 0.1) is 0 Å². The van der Waals surface area contributed by atoms with E-state index in [0.717, 1.165) is 18.7 Å². The second-order valence-electron chi connectivity index (χ2n) is 4.11. The van der Waals surface area contributed by atoms with Gasteiger partial charge in [0.15, 0.2) is 0 Å². The molecule has 0 fully saturated rings. The standard InChI is InChI=1S/C13H19N3OS/c1-3-12(13-5-4-8-18-13)15-11-9-14-16(10-11)6-7-17-2/h4-5,8-10,12,15H,3,6-7H2,1-2H3. The number of thiophene rings is 1. The van der Waals surface area contributed by atoms with Gasteiger partial charge in [0.1, 0.15) is 0 Å². The Morgan fingerprint density at radius 1 is 1.56 bits per heavy atom. The number of methoxy groups -OCH3 is 1. The van der Waals surface area contributed by atoms with Crippen molar-refractivity contribution in [2.24, 2.45) is 0 Å². The van der Waals surface area contributed by atoms with Gasteiger partial charge in [-0.1, -0.05) is 13.0 Å². The van der Waals surface area contributed by atoms with E-state index in [2.05, 4.69) is 34.9 Å². The molecule has 0 aliphatic rings. The zero-order valence-electron chi connectivity index (χ0n) is 10.8. The Morgan fingerprint density at radius 2 is 2.44 bits per heavy atom. The Kier molecular flexibility index (Phi) is 4.78. The van der Waals surface area contributed by atoms with Gasteiger partial charge >= 0.3 is 0 Å². The summed E-state index contributed by atoms with van der Waals surface area (Å²) in [6.07, 6.45) is 4.95. The number of aromatic nitrogens is 2. The van der Waals surface area contributed by atoms with Crippen LogP contribution in [0.15, 0.2) is 29.9 Å². The molecule has 0 saturated carbocycles. The predicted molar refractivity (Wildman–Crippen MR) is 75.1 cm³/mol. The molecule has 2 aromatic rings. The maximum Gasteiger partial charge on any atom is 0.0731 e. The van der Waals surface area contributed by atoms with Gasteiger partial charge in [0, 0.05) is 18.2 Å². The highest BCUT2D eigenvalue weighted by molar-refractivity contribution is 7.10. The molecule has 4 nitrogen and oxygen atoms in total. The van der Waals surface area contributed by atoms with E-state index in [0.29, 0.717) is 12.6 Å². The normalized spacial score (nSPS) is 12.6. The second-order valence-corrected chi connectivity index (χ2v) is 5.08. The molecule has 0 bridgehead atoms. The third-order valence-corrected chi connectivity index (χ3v) is 3.78. The number of rotatable bonds is 7. The van der Waals surface area contributed by atoms with Crippen molar-refractivity contribution in [3.05, 3.63) is 34.8 Å². The van der Waals surface area contributed by atoms with E-state index in [9.17, 15) is 0 Å². The lowest BCUT2D eigenvalue weighted by Crippen LogP contribution is -2.07. The van der Waals surface area contributed by atoms with Crippen molar-refractivity contribution < 1.29 is 4.74 Å². The second kappa shape index (κ2) is 6.56. The summed E-state index contributed by atoms with van der Waals surface area (Å²) in [7, 11) is 1.70. The van der Waals surface area contributed by atoms with Gasteiger partial charge in [-0.25, -0.2) is 0 Å². The molecule has 1 N–H and O–H groups in total. The number of nitrogens with one attached hydrogen (secondary N) is 1. The van der Waals surface area contributed by atoms with Crippen LogP contribution in [0.25, 0.3) is 0 Å². The molecule has 0 aromatic carbocycles. The Hall–Kier alpha value is -1.33. The SMILES string of the molecule is CCC(Nc1cnn(CCOC)c1)c1cccs1. The van der Waals surface area contributed by atoms with Crippen molar-refractivity contribution in [2.45, 2.75) is 25.9 Å². The molecule has 2 aromatic heterocycles. The summed E-state index contributed by atoms with van der Waals surface area (Å²) >= 11 is 1.79. The third-order valence-electron chi connectivity index (χ3n) is 2.79. The first-order valence-corrected chi connectivity index (χ1v) is 7.02. The first-order valence-electron chi connectivity index (χ1n) is 6.14. The first kappa shape index (κ1) is 13.1. The lowest BCUT2D eigenvalue weighted by molar-refractivity contribution is 0.183. The number of hydrogen-bond acceptors (Lipinski definition) is 4. The molecule has 1 atom stereocenters. The molecule has 18 heavy (non-hydrogen) atoms. The van der Waals surface area contributed by atoms with Crippen molar-refractivity contribution >= 4 is 17.0 Å². The van der Waals surface area contributed by atoms with Gasteiger partial charge in [0.25, 0.3) is 0 Å². The molecule has 1 unspecified atom stereocenters. The van der Waals surface area contributed by atoms with Gasteiger partial charge in [-0.15, -0.1) is 11.3 Å². The van der Waals surface area contributed by atoms with Gasteiger partial charge < -0.3 is 10.1 Å². The van der Waals surface area contributed by atoms with E-state index in [1.54, 1.807) is 18.4 Å². The molecule has 2 heterocycles. The highest BCUT2D eigenvalue weighted by Crippen LogP contribution is 2.25. The van der Waals surface area contributed by atoms with E-state index < -0.39 is 0 Å². The molecule has 0 aliphatic carbocycles. The first-order chi connectivity index (χ1) is 8.83. The fourth-order valence-electron chi connectivity index (χ4n) is 1.81. The van der Waals surface area contributed by atoms with Crippen LogP contribution in [-0.4, -0.2) is 23.5 Å². The molecule has 0 saturated heterocycles. The number of anilines is 1. The van der Waals surface area contributed by atoms with Crippen LogP contribution >= 0.6 is 11.3 Å². The lowest BCUT2D eigenvalue weighted by atomic mass is 10.2. The fraction of sp³-hybridized carbons (Fsp3) is 0.462. The summed E-state index contributed by atoms with van der Waals surface area (Å²) < 4.78 is 6.93. The molecular weight excluding hydrogens is 246 g/mol. The molecule has 2 rings (SSSR count). The molecule has 0 aliphatic heterocycles. The van der Waals surface area contributed by atoms with Crippen LogP contribution in [0.1, 0.15) is 24.3 Å². The van der Waals surface area contributed by atoms with Gasteiger partial charge in [0.2, 0.25) is 0 Å². The number of hydrogen-bond donors (Lipinski definition) is 1. The quantitative estimate of drug-likeness (QED) is 0.836. The molecule has 0 spiro atoms. The van der Waals surface area contributed by atoms with Gasteiger partial charge in [-0.3, -0.25) is 4.68 Å². The maximum atomic E-state index is 5.04. The highest BCUT2D eigenvalue weighted by Gasteiger charge is 2.10. The van der Waals surface area contributed by atoms with Crippen molar-refractivity contribution in [1.29, 1.82) is 0 Å². The summed E-state index contributed by atoms with van der Waals surface area (Å²) in [6.45, 7) is 3.66. The summed E-state index contributed by atoms with van der Waals surface area (Å²) in [5.74, 6) is 0. The summed E-state index contributed by atoms with van der Waals surface area (Å²) in [6, 6.07) is 4.62. The van der Waals surface area contributed by atoms with Gasteiger partial charge in [-0.2, -0.15) is 5.10 Å². The van der Waals surface area contributed by atoms with Crippen LogP contribution in [0.2, 0.25) is 0 Å². The minimum absolute atomic E-state index is 0.366. The molecule has 5 heteroatoms. The zero-order valence-corrected chi connectivity index (χ0v) is 11.6. The largest absolute Gasteiger partial charge is 0.383 e. The minimum atomic E-state index is 0.366. The van der Waals surface area contributed by atoms with Crippen molar-refractivity contribution in [1.82, 2.24) is 9.78 Å². The Morgan fingerprint density at radius 3 is 3.11 bits per heavy atom. The van der Waals surface area contributed by atoms with Crippen LogP contribution in [0.3, 0.4) is 0 Å². The third kappa shape index (κ3) is 3.34. The van der Waals surface area contributed by atoms with E-state index in [1.807, 2.05) is 17.1 Å². The number of ether oxygens (including phenoxy) is 1. The van der Waals surface area contributed by atoms with Crippen molar-refractivity contribution in [3.63, 3.8) is 0 Å². The predicted octanol–water partition coefficient (Wildman–Crippen LogP) is 3.15. The molecular formula is C13H19N3OS. The average Bonchev–Trinajstić information content (AvgIpc) is 3.04. The number of nitrogens with zero attached hydrogens (tertiary/aromatic N) is 2. The molecule has 0 radical (unpaired) electrons. The lowest BCUT2D eigenvalue weighted by Gasteiger charge is -2.14. The summed E-state index contributed by atoms with van der Waals surface area (Å²) in [5.41, 5.74) is 1.06. The Balaban J connectivity index is 1.97.